The van der Waals surface area contributed by atoms with Crippen LogP contribution in [0.5, 0.6) is 5.75 Å². The van der Waals surface area contributed by atoms with Crippen LogP contribution >= 0.6 is 11.6 Å². The van der Waals surface area contributed by atoms with E-state index in [4.69, 9.17) is 16.3 Å². The predicted molar refractivity (Wildman–Crippen MR) is 83.7 cm³/mol. The third-order valence-electron chi connectivity index (χ3n) is 3.76. The molecule has 0 saturated carbocycles. The number of anilines is 1. The lowest BCUT2D eigenvalue weighted by Crippen LogP contribution is -2.11. The normalized spacial score (nSPS) is 17.6. The zero-order valence-corrected chi connectivity index (χ0v) is 12.6. The third-order valence-corrected chi connectivity index (χ3v) is 4.00. The van der Waals surface area contributed by atoms with Gasteiger partial charge >= 0.3 is 0 Å². The van der Waals surface area contributed by atoms with Gasteiger partial charge in [-0.15, -0.1) is 0 Å². The fourth-order valence-corrected chi connectivity index (χ4v) is 2.87. The van der Waals surface area contributed by atoms with Gasteiger partial charge in [-0.2, -0.15) is 0 Å². The molecule has 1 aliphatic rings. The monoisotopic (exact) mass is 305 g/mol. The highest BCUT2D eigenvalue weighted by atomic mass is 35.5. The fourth-order valence-electron chi connectivity index (χ4n) is 2.71. The summed E-state index contributed by atoms with van der Waals surface area (Å²) in [4.78, 5) is 0. The molecule has 4 heteroatoms. The maximum Gasteiger partial charge on any atom is 0.147 e. The van der Waals surface area contributed by atoms with Gasteiger partial charge in [0.05, 0.1) is 18.3 Å². The minimum absolute atomic E-state index is 0.0399. The Labute approximate surface area is 128 Å². The second-order valence-electron chi connectivity index (χ2n) is 5.31. The molecule has 2 aromatic carbocycles. The molecule has 0 radical (unpaired) electrons. The van der Waals surface area contributed by atoms with Gasteiger partial charge in [0.15, 0.2) is 0 Å². The first-order chi connectivity index (χ1) is 10.1. The molecule has 0 fully saturated rings. The molecule has 1 aliphatic heterocycles. The number of ether oxygens (including phenoxy) is 1. The van der Waals surface area contributed by atoms with Gasteiger partial charge in [-0.1, -0.05) is 29.8 Å². The molecule has 1 atom stereocenters. The standard InChI is InChI=1S/C17H17ClFNO/c1-11-4-2-5-13-15(6-3-9-21-17(11)13)20-16-8-7-12(18)10-14(16)19/h2,4-5,7-8,10,15,20H,3,6,9H2,1H3. The number of fused-ring (bicyclic) bond motifs is 1. The summed E-state index contributed by atoms with van der Waals surface area (Å²) in [5.74, 6) is 0.587. The molecule has 0 aromatic heterocycles. The van der Waals surface area contributed by atoms with Crippen LogP contribution in [0.1, 0.15) is 30.0 Å². The topological polar surface area (TPSA) is 21.3 Å². The molecule has 21 heavy (non-hydrogen) atoms. The van der Waals surface area contributed by atoms with Crippen LogP contribution in [0.15, 0.2) is 36.4 Å². The minimum atomic E-state index is -0.332. The van der Waals surface area contributed by atoms with Crippen molar-refractivity contribution in [2.45, 2.75) is 25.8 Å². The van der Waals surface area contributed by atoms with Crippen molar-refractivity contribution in [2.75, 3.05) is 11.9 Å². The Balaban J connectivity index is 1.94. The number of rotatable bonds is 2. The van der Waals surface area contributed by atoms with E-state index in [9.17, 15) is 4.39 Å². The maximum atomic E-state index is 14.0. The highest BCUT2D eigenvalue weighted by molar-refractivity contribution is 6.30. The van der Waals surface area contributed by atoms with E-state index < -0.39 is 0 Å². The van der Waals surface area contributed by atoms with E-state index in [0.717, 1.165) is 29.7 Å². The van der Waals surface area contributed by atoms with Gasteiger partial charge in [-0.05, 0) is 43.5 Å². The molecule has 0 amide bonds. The summed E-state index contributed by atoms with van der Waals surface area (Å²) in [6.07, 6.45) is 1.83. The summed E-state index contributed by atoms with van der Waals surface area (Å²) in [5.41, 5.74) is 2.67. The molecule has 110 valence electrons. The van der Waals surface area contributed by atoms with Crippen LogP contribution in [0.25, 0.3) is 0 Å². The Kier molecular flexibility index (Phi) is 4.02. The fraction of sp³-hybridized carbons (Fsp3) is 0.294. The van der Waals surface area contributed by atoms with Crippen molar-refractivity contribution in [3.63, 3.8) is 0 Å². The van der Waals surface area contributed by atoms with Gasteiger partial charge < -0.3 is 10.1 Å². The number of hydrogen-bond donors (Lipinski definition) is 1. The molecular weight excluding hydrogens is 289 g/mol. The number of nitrogens with one attached hydrogen (secondary N) is 1. The number of para-hydroxylation sites is 1. The quantitative estimate of drug-likeness (QED) is 0.832. The lowest BCUT2D eigenvalue weighted by Gasteiger charge is -2.21. The molecule has 0 saturated heterocycles. The molecule has 2 aromatic rings. The number of aryl methyl sites for hydroxylation is 1. The van der Waals surface area contributed by atoms with E-state index in [-0.39, 0.29) is 11.9 Å². The van der Waals surface area contributed by atoms with Crippen LogP contribution in [-0.4, -0.2) is 6.61 Å². The van der Waals surface area contributed by atoms with Gasteiger partial charge in [-0.3, -0.25) is 0 Å². The molecular formula is C17H17ClFNO. The average molecular weight is 306 g/mol. The average Bonchev–Trinajstić information content (AvgIpc) is 2.66. The van der Waals surface area contributed by atoms with E-state index in [1.165, 1.54) is 6.07 Å². The van der Waals surface area contributed by atoms with Crippen molar-refractivity contribution in [1.82, 2.24) is 0 Å². The van der Waals surface area contributed by atoms with Crippen LogP contribution in [0.4, 0.5) is 10.1 Å². The van der Waals surface area contributed by atoms with E-state index in [1.54, 1.807) is 12.1 Å². The highest BCUT2D eigenvalue weighted by Gasteiger charge is 2.21. The molecule has 1 heterocycles. The number of hydrogen-bond acceptors (Lipinski definition) is 2. The molecule has 0 aliphatic carbocycles. The summed E-state index contributed by atoms with van der Waals surface area (Å²) >= 11 is 5.80. The predicted octanol–water partition coefficient (Wildman–Crippen LogP) is 5.11. The highest BCUT2D eigenvalue weighted by Crippen LogP contribution is 2.36. The van der Waals surface area contributed by atoms with Gasteiger partial charge in [0.1, 0.15) is 11.6 Å². The van der Waals surface area contributed by atoms with Crippen LogP contribution < -0.4 is 10.1 Å². The van der Waals surface area contributed by atoms with Crippen molar-refractivity contribution >= 4 is 17.3 Å². The van der Waals surface area contributed by atoms with Crippen molar-refractivity contribution in [3.8, 4) is 5.75 Å². The van der Waals surface area contributed by atoms with Gasteiger partial charge in [-0.25, -0.2) is 4.39 Å². The van der Waals surface area contributed by atoms with Gasteiger partial charge in [0.2, 0.25) is 0 Å². The van der Waals surface area contributed by atoms with Crippen LogP contribution in [0, 0.1) is 12.7 Å². The van der Waals surface area contributed by atoms with Crippen molar-refractivity contribution in [1.29, 1.82) is 0 Å². The summed E-state index contributed by atoms with van der Waals surface area (Å²) in [5, 5.41) is 3.69. The summed E-state index contributed by atoms with van der Waals surface area (Å²) in [6, 6.07) is 10.8. The van der Waals surface area contributed by atoms with Gasteiger partial charge in [0, 0.05) is 10.6 Å². The smallest absolute Gasteiger partial charge is 0.147 e. The molecule has 0 bridgehead atoms. The first-order valence-electron chi connectivity index (χ1n) is 7.09. The Morgan fingerprint density at radius 1 is 1.29 bits per heavy atom. The Hall–Kier alpha value is -1.74. The van der Waals surface area contributed by atoms with E-state index in [1.807, 2.05) is 25.1 Å². The number of benzene rings is 2. The Morgan fingerprint density at radius 3 is 2.95 bits per heavy atom. The first-order valence-corrected chi connectivity index (χ1v) is 7.47. The van der Waals surface area contributed by atoms with Crippen molar-refractivity contribution < 1.29 is 9.13 Å². The minimum Gasteiger partial charge on any atom is -0.493 e. The molecule has 3 rings (SSSR count). The first kappa shape index (κ1) is 14.2. The second kappa shape index (κ2) is 5.94. The van der Waals surface area contributed by atoms with Crippen LogP contribution in [-0.2, 0) is 0 Å². The van der Waals surface area contributed by atoms with Crippen LogP contribution in [0.2, 0.25) is 5.02 Å². The molecule has 1 N–H and O–H groups in total. The zero-order valence-electron chi connectivity index (χ0n) is 11.8. The van der Waals surface area contributed by atoms with Gasteiger partial charge in [0.25, 0.3) is 0 Å². The van der Waals surface area contributed by atoms with Crippen LogP contribution in [0.3, 0.4) is 0 Å². The second-order valence-corrected chi connectivity index (χ2v) is 5.74. The summed E-state index contributed by atoms with van der Waals surface area (Å²) in [7, 11) is 0. The Morgan fingerprint density at radius 2 is 2.14 bits per heavy atom. The SMILES string of the molecule is Cc1cccc2c1OCCCC2Nc1ccc(Cl)cc1F. The Bertz CT molecular complexity index is 659. The number of halogens is 2. The molecule has 0 spiro atoms. The third kappa shape index (κ3) is 2.98. The summed E-state index contributed by atoms with van der Waals surface area (Å²) < 4.78 is 19.8. The van der Waals surface area contributed by atoms with E-state index in [0.29, 0.717) is 17.3 Å². The van der Waals surface area contributed by atoms with Crippen molar-refractivity contribution in [2.24, 2.45) is 0 Å². The largest absolute Gasteiger partial charge is 0.493 e. The lowest BCUT2D eigenvalue weighted by atomic mass is 9.99. The lowest BCUT2D eigenvalue weighted by molar-refractivity contribution is 0.314. The maximum absolute atomic E-state index is 14.0. The zero-order chi connectivity index (χ0) is 14.8. The molecule has 1 unspecified atom stereocenters. The van der Waals surface area contributed by atoms with E-state index in [2.05, 4.69) is 5.32 Å². The summed E-state index contributed by atoms with van der Waals surface area (Å²) in [6.45, 7) is 2.73. The van der Waals surface area contributed by atoms with Crippen molar-refractivity contribution in [3.05, 3.63) is 58.4 Å². The van der Waals surface area contributed by atoms with E-state index >= 15 is 0 Å². The molecule has 2 nitrogen and oxygen atoms in total.